The lowest BCUT2D eigenvalue weighted by molar-refractivity contribution is -0.108. The van der Waals surface area contributed by atoms with E-state index in [1.54, 1.807) is 0 Å². The van der Waals surface area contributed by atoms with Gasteiger partial charge in [-0.3, -0.25) is 0 Å². The highest BCUT2D eigenvalue weighted by Gasteiger charge is 1.97. The predicted octanol–water partition coefficient (Wildman–Crippen LogP) is 2.79. The maximum atomic E-state index is 10.1. The van der Waals surface area contributed by atoms with Crippen molar-refractivity contribution in [1.29, 1.82) is 0 Å². The Labute approximate surface area is 73.4 Å². The smallest absolute Gasteiger partial charge is 0.120 e. The molecule has 0 heterocycles. The molecule has 0 aliphatic rings. The third-order valence-corrected chi connectivity index (χ3v) is 1.76. The molecule has 2 heteroatoms. The highest BCUT2D eigenvalue weighted by atomic mass is 35.5. The van der Waals surface area contributed by atoms with Crippen LogP contribution in [0.1, 0.15) is 26.2 Å². The van der Waals surface area contributed by atoms with Gasteiger partial charge in [0.25, 0.3) is 0 Å². The van der Waals surface area contributed by atoms with Gasteiger partial charge in [0, 0.05) is 12.3 Å². The first-order valence-electron chi connectivity index (χ1n) is 3.95. The van der Waals surface area contributed by atoms with Gasteiger partial charge in [0.15, 0.2) is 0 Å². The lowest BCUT2D eigenvalue weighted by Gasteiger charge is -2.02. The Kier molecular flexibility index (Phi) is 7.59. The van der Waals surface area contributed by atoms with Crippen molar-refractivity contribution in [2.24, 2.45) is 5.92 Å². The van der Waals surface area contributed by atoms with E-state index in [0.717, 1.165) is 19.1 Å². The van der Waals surface area contributed by atoms with Crippen molar-refractivity contribution in [3.05, 3.63) is 12.2 Å². The number of halogens is 1. The molecule has 0 unspecified atom stereocenters. The molecule has 0 saturated heterocycles. The van der Waals surface area contributed by atoms with Gasteiger partial charge in [-0.25, -0.2) is 0 Å². The molecular formula is C9H15ClO. The molecule has 0 radical (unpaired) electrons. The molecule has 0 saturated carbocycles. The zero-order valence-electron chi connectivity index (χ0n) is 6.92. The number of allylic oxidation sites excluding steroid dienone is 2. The molecule has 11 heavy (non-hydrogen) atoms. The Balaban J connectivity index is 3.22. The van der Waals surface area contributed by atoms with Crippen molar-refractivity contribution < 1.29 is 4.79 Å². The van der Waals surface area contributed by atoms with E-state index in [9.17, 15) is 4.79 Å². The standard InChI is InChI=1S/C9H15ClO/c1-9(6-8-11)5-3-2-4-7-10/h2,4,8-9H,3,5-7H2,1H3/b4-2+/t9-/m0/s1. The van der Waals surface area contributed by atoms with E-state index in [-0.39, 0.29) is 0 Å². The van der Waals surface area contributed by atoms with Gasteiger partial charge in [-0.05, 0) is 18.8 Å². The van der Waals surface area contributed by atoms with E-state index < -0.39 is 0 Å². The lowest BCUT2D eigenvalue weighted by Crippen LogP contribution is -1.93. The monoisotopic (exact) mass is 174 g/mol. The van der Waals surface area contributed by atoms with Gasteiger partial charge >= 0.3 is 0 Å². The molecule has 0 aromatic rings. The topological polar surface area (TPSA) is 17.1 Å². The lowest BCUT2D eigenvalue weighted by atomic mass is 10.0. The number of hydrogen-bond donors (Lipinski definition) is 0. The average molecular weight is 175 g/mol. The Bertz CT molecular complexity index is 121. The number of aldehydes is 1. The summed E-state index contributed by atoms with van der Waals surface area (Å²) in [5.74, 6) is 1.09. The van der Waals surface area contributed by atoms with Crippen LogP contribution in [0.4, 0.5) is 0 Å². The summed E-state index contributed by atoms with van der Waals surface area (Å²) >= 11 is 5.44. The largest absolute Gasteiger partial charge is 0.303 e. The fraction of sp³-hybridized carbons (Fsp3) is 0.667. The summed E-state index contributed by atoms with van der Waals surface area (Å²) in [6.07, 6.45) is 7.77. The minimum Gasteiger partial charge on any atom is -0.303 e. The van der Waals surface area contributed by atoms with E-state index in [4.69, 9.17) is 11.6 Å². The molecule has 64 valence electrons. The first-order chi connectivity index (χ1) is 5.31. The van der Waals surface area contributed by atoms with E-state index >= 15 is 0 Å². The Morgan fingerprint density at radius 1 is 1.45 bits per heavy atom. The normalized spacial score (nSPS) is 13.6. The van der Waals surface area contributed by atoms with E-state index in [1.807, 2.05) is 6.08 Å². The zero-order valence-corrected chi connectivity index (χ0v) is 7.68. The summed E-state index contributed by atoms with van der Waals surface area (Å²) in [6.45, 7) is 2.09. The fourth-order valence-electron chi connectivity index (χ4n) is 0.844. The zero-order chi connectivity index (χ0) is 8.53. The minimum absolute atomic E-state index is 0.507. The summed E-state index contributed by atoms with van der Waals surface area (Å²) in [5.41, 5.74) is 0. The molecule has 1 nitrogen and oxygen atoms in total. The van der Waals surface area contributed by atoms with Gasteiger partial charge in [0.2, 0.25) is 0 Å². The van der Waals surface area contributed by atoms with Gasteiger partial charge in [-0.15, -0.1) is 11.6 Å². The number of carbonyl (C=O) groups excluding carboxylic acids is 1. The summed E-state index contributed by atoms with van der Waals surface area (Å²) in [5, 5.41) is 0. The van der Waals surface area contributed by atoms with Gasteiger partial charge < -0.3 is 4.79 Å². The van der Waals surface area contributed by atoms with Gasteiger partial charge in [-0.1, -0.05) is 19.1 Å². The van der Waals surface area contributed by atoms with Crippen LogP contribution in [-0.2, 0) is 4.79 Å². The fourth-order valence-corrected chi connectivity index (χ4v) is 0.970. The second-order valence-electron chi connectivity index (χ2n) is 2.71. The number of hydrogen-bond acceptors (Lipinski definition) is 1. The van der Waals surface area contributed by atoms with Crippen LogP contribution in [0, 0.1) is 5.92 Å². The van der Waals surface area contributed by atoms with Crippen molar-refractivity contribution in [2.75, 3.05) is 5.88 Å². The van der Waals surface area contributed by atoms with Crippen LogP contribution in [0.5, 0.6) is 0 Å². The molecule has 1 atom stereocenters. The summed E-state index contributed by atoms with van der Waals surface area (Å²) < 4.78 is 0. The van der Waals surface area contributed by atoms with E-state index in [1.165, 1.54) is 0 Å². The molecule has 0 rings (SSSR count). The third-order valence-electron chi connectivity index (χ3n) is 1.58. The highest BCUT2D eigenvalue weighted by molar-refractivity contribution is 6.18. The maximum Gasteiger partial charge on any atom is 0.120 e. The third kappa shape index (κ3) is 7.60. The predicted molar refractivity (Wildman–Crippen MR) is 48.9 cm³/mol. The molecule has 0 aromatic heterocycles. The molecule has 0 fully saturated rings. The van der Waals surface area contributed by atoms with Gasteiger partial charge in [0.1, 0.15) is 6.29 Å². The Morgan fingerprint density at radius 2 is 2.18 bits per heavy atom. The molecule has 0 aromatic carbocycles. The summed E-state index contributed by atoms with van der Waals surface area (Å²) in [4.78, 5) is 10.1. The average Bonchev–Trinajstić information content (AvgIpc) is 1.99. The first-order valence-corrected chi connectivity index (χ1v) is 4.49. The van der Waals surface area contributed by atoms with Crippen molar-refractivity contribution in [3.8, 4) is 0 Å². The maximum absolute atomic E-state index is 10.1. The molecule has 0 amide bonds. The Hall–Kier alpha value is -0.300. The second kappa shape index (κ2) is 7.80. The Morgan fingerprint density at radius 3 is 2.73 bits per heavy atom. The number of carbonyl (C=O) groups is 1. The number of alkyl halides is 1. The van der Waals surface area contributed by atoms with Crippen LogP contribution in [0.25, 0.3) is 0 Å². The van der Waals surface area contributed by atoms with Crippen molar-refractivity contribution in [2.45, 2.75) is 26.2 Å². The van der Waals surface area contributed by atoms with Crippen LogP contribution >= 0.6 is 11.6 Å². The van der Waals surface area contributed by atoms with Crippen LogP contribution in [-0.4, -0.2) is 12.2 Å². The van der Waals surface area contributed by atoms with Crippen LogP contribution in [0.3, 0.4) is 0 Å². The molecule has 0 N–H and O–H groups in total. The van der Waals surface area contributed by atoms with Crippen LogP contribution in [0.2, 0.25) is 0 Å². The van der Waals surface area contributed by atoms with Gasteiger partial charge in [0.05, 0.1) is 0 Å². The summed E-state index contributed by atoms with van der Waals surface area (Å²) in [7, 11) is 0. The SMILES string of the molecule is C[C@H](CC=O)CC/C=C/CCl. The molecule has 0 spiro atoms. The number of rotatable bonds is 6. The second-order valence-corrected chi connectivity index (χ2v) is 3.02. The minimum atomic E-state index is 0.507. The van der Waals surface area contributed by atoms with Crippen LogP contribution < -0.4 is 0 Å². The molecule has 0 bridgehead atoms. The van der Waals surface area contributed by atoms with Crippen molar-refractivity contribution in [3.63, 3.8) is 0 Å². The van der Waals surface area contributed by atoms with Crippen molar-refractivity contribution in [1.82, 2.24) is 0 Å². The highest BCUT2D eigenvalue weighted by Crippen LogP contribution is 2.08. The van der Waals surface area contributed by atoms with Crippen molar-refractivity contribution >= 4 is 17.9 Å². The van der Waals surface area contributed by atoms with E-state index in [0.29, 0.717) is 18.2 Å². The molecule has 0 aliphatic carbocycles. The van der Waals surface area contributed by atoms with Crippen LogP contribution in [0.15, 0.2) is 12.2 Å². The van der Waals surface area contributed by atoms with Gasteiger partial charge in [-0.2, -0.15) is 0 Å². The first kappa shape index (κ1) is 10.7. The molecule has 0 aliphatic heterocycles. The molecular weight excluding hydrogens is 160 g/mol. The summed E-state index contributed by atoms with van der Waals surface area (Å²) in [6, 6.07) is 0. The van der Waals surface area contributed by atoms with E-state index in [2.05, 4.69) is 13.0 Å². The quantitative estimate of drug-likeness (QED) is 0.344.